The predicted molar refractivity (Wildman–Crippen MR) is 87.6 cm³/mol. The minimum absolute atomic E-state index is 0.0591. The van der Waals surface area contributed by atoms with Crippen molar-refractivity contribution in [2.45, 2.75) is 73.9 Å². The van der Waals surface area contributed by atoms with Crippen molar-refractivity contribution < 1.29 is 9.53 Å². The zero-order valence-electron chi connectivity index (χ0n) is 13.5. The summed E-state index contributed by atoms with van der Waals surface area (Å²) in [6.07, 6.45) is 7.21. The van der Waals surface area contributed by atoms with Gasteiger partial charge in [-0.05, 0) is 45.4 Å². The molecule has 0 unspecified atom stereocenters. The highest BCUT2D eigenvalue weighted by Crippen LogP contribution is 2.46. The fraction of sp³-hybridized carbons (Fsp3) is 0.812. The molecule has 3 fully saturated rings. The molecule has 3 aliphatic rings. The molecule has 1 saturated heterocycles. The summed E-state index contributed by atoms with van der Waals surface area (Å²) >= 11 is 1.53. The van der Waals surface area contributed by atoms with Gasteiger partial charge in [0.05, 0.1) is 11.4 Å². The SMILES string of the molecule is C[C@@H](Sc1nnc(C2CC2)n1C1CC1)C(=O)NC[C@H]1CCCO1. The zero-order valence-corrected chi connectivity index (χ0v) is 14.3. The second-order valence-corrected chi connectivity index (χ2v) is 8.16. The van der Waals surface area contributed by atoms with Gasteiger partial charge in [-0.25, -0.2) is 0 Å². The van der Waals surface area contributed by atoms with Gasteiger partial charge in [-0.2, -0.15) is 0 Å². The molecule has 2 saturated carbocycles. The third-order valence-electron chi connectivity index (χ3n) is 4.72. The van der Waals surface area contributed by atoms with Gasteiger partial charge in [0.1, 0.15) is 5.82 Å². The molecule has 0 bridgehead atoms. The molecule has 0 spiro atoms. The third-order valence-corrected chi connectivity index (χ3v) is 5.78. The molecule has 126 valence electrons. The number of nitrogens with one attached hydrogen (secondary N) is 1. The van der Waals surface area contributed by atoms with E-state index in [1.807, 2.05) is 6.92 Å². The van der Waals surface area contributed by atoms with Crippen LogP contribution < -0.4 is 5.32 Å². The summed E-state index contributed by atoms with van der Waals surface area (Å²) in [5, 5.41) is 12.5. The molecule has 0 aromatic carbocycles. The van der Waals surface area contributed by atoms with Crippen molar-refractivity contribution in [3.8, 4) is 0 Å². The molecule has 1 aromatic heterocycles. The molecular weight excluding hydrogens is 312 g/mol. The summed E-state index contributed by atoms with van der Waals surface area (Å²) in [4.78, 5) is 12.3. The lowest BCUT2D eigenvalue weighted by Crippen LogP contribution is -2.36. The average Bonchev–Trinajstić information content (AvgIpc) is 3.48. The zero-order chi connectivity index (χ0) is 15.8. The minimum Gasteiger partial charge on any atom is -0.376 e. The number of carbonyl (C=O) groups is 1. The lowest BCUT2D eigenvalue weighted by molar-refractivity contribution is -0.120. The van der Waals surface area contributed by atoms with Crippen LogP contribution in [0.15, 0.2) is 5.16 Å². The molecule has 1 aliphatic heterocycles. The quantitative estimate of drug-likeness (QED) is 0.774. The normalized spacial score (nSPS) is 25.5. The number of rotatable bonds is 7. The van der Waals surface area contributed by atoms with Crippen LogP contribution >= 0.6 is 11.8 Å². The van der Waals surface area contributed by atoms with Crippen molar-refractivity contribution in [3.05, 3.63) is 5.82 Å². The predicted octanol–water partition coefficient (Wildman–Crippen LogP) is 2.27. The third kappa shape index (κ3) is 3.55. The number of nitrogens with zero attached hydrogens (tertiary/aromatic N) is 3. The van der Waals surface area contributed by atoms with Crippen molar-refractivity contribution in [2.24, 2.45) is 0 Å². The summed E-state index contributed by atoms with van der Waals surface area (Å²) in [7, 11) is 0. The highest BCUT2D eigenvalue weighted by molar-refractivity contribution is 8.00. The maximum Gasteiger partial charge on any atom is 0.233 e. The summed E-state index contributed by atoms with van der Waals surface area (Å²) in [5.41, 5.74) is 0. The monoisotopic (exact) mass is 336 g/mol. The molecule has 7 heteroatoms. The van der Waals surface area contributed by atoms with Crippen LogP contribution in [0.5, 0.6) is 0 Å². The molecule has 1 amide bonds. The summed E-state index contributed by atoms with van der Waals surface area (Å²) < 4.78 is 7.85. The first kappa shape index (κ1) is 15.4. The Labute approximate surface area is 140 Å². The molecule has 1 aromatic rings. The second-order valence-electron chi connectivity index (χ2n) is 6.86. The van der Waals surface area contributed by atoms with Crippen molar-refractivity contribution in [2.75, 3.05) is 13.2 Å². The molecule has 6 nitrogen and oxygen atoms in total. The van der Waals surface area contributed by atoms with Gasteiger partial charge in [0.15, 0.2) is 5.16 Å². The smallest absolute Gasteiger partial charge is 0.233 e. The number of carbonyl (C=O) groups excluding carboxylic acids is 1. The van der Waals surface area contributed by atoms with Crippen LogP contribution in [0.2, 0.25) is 0 Å². The Bertz CT molecular complexity index is 577. The first-order chi connectivity index (χ1) is 11.2. The Kier molecular flexibility index (Phi) is 4.32. The Morgan fingerprint density at radius 3 is 2.83 bits per heavy atom. The highest BCUT2D eigenvalue weighted by atomic mass is 32.2. The summed E-state index contributed by atoms with van der Waals surface area (Å²) in [5.74, 6) is 1.80. The fourth-order valence-electron chi connectivity index (χ4n) is 3.04. The Morgan fingerprint density at radius 2 is 2.17 bits per heavy atom. The first-order valence-electron chi connectivity index (χ1n) is 8.73. The van der Waals surface area contributed by atoms with Crippen LogP contribution in [0.25, 0.3) is 0 Å². The molecule has 2 aliphatic carbocycles. The summed E-state index contributed by atoms with van der Waals surface area (Å²) in [6.45, 7) is 3.38. The maximum absolute atomic E-state index is 12.3. The van der Waals surface area contributed by atoms with E-state index in [0.717, 1.165) is 30.4 Å². The van der Waals surface area contributed by atoms with Crippen molar-refractivity contribution in [1.82, 2.24) is 20.1 Å². The minimum atomic E-state index is -0.162. The Balaban J connectivity index is 1.36. The van der Waals surface area contributed by atoms with Gasteiger partial charge < -0.3 is 14.6 Å². The van der Waals surface area contributed by atoms with Gasteiger partial charge in [-0.3, -0.25) is 4.79 Å². The molecular formula is C16H24N4O2S. The van der Waals surface area contributed by atoms with Crippen LogP contribution in [-0.4, -0.2) is 45.2 Å². The fourth-order valence-corrected chi connectivity index (χ4v) is 3.99. The van der Waals surface area contributed by atoms with E-state index in [-0.39, 0.29) is 17.3 Å². The van der Waals surface area contributed by atoms with E-state index in [1.165, 1.54) is 37.4 Å². The van der Waals surface area contributed by atoms with Crippen LogP contribution in [0.1, 0.15) is 63.2 Å². The first-order valence-corrected chi connectivity index (χ1v) is 9.61. The van der Waals surface area contributed by atoms with Gasteiger partial charge in [0.25, 0.3) is 0 Å². The number of aromatic nitrogens is 3. The second kappa shape index (κ2) is 6.43. The van der Waals surface area contributed by atoms with E-state index in [2.05, 4.69) is 20.1 Å². The summed E-state index contributed by atoms with van der Waals surface area (Å²) in [6, 6.07) is 0.560. The lowest BCUT2D eigenvalue weighted by atomic mass is 10.2. The van der Waals surface area contributed by atoms with Crippen LogP contribution in [-0.2, 0) is 9.53 Å². The number of hydrogen-bond acceptors (Lipinski definition) is 5. The molecule has 23 heavy (non-hydrogen) atoms. The number of hydrogen-bond donors (Lipinski definition) is 1. The van der Waals surface area contributed by atoms with Gasteiger partial charge in [0, 0.05) is 25.1 Å². The van der Waals surface area contributed by atoms with Gasteiger partial charge in [-0.15, -0.1) is 10.2 Å². The lowest BCUT2D eigenvalue weighted by Gasteiger charge is -2.15. The van der Waals surface area contributed by atoms with Gasteiger partial charge in [-0.1, -0.05) is 11.8 Å². The van der Waals surface area contributed by atoms with E-state index in [4.69, 9.17) is 4.74 Å². The average molecular weight is 336 g/mol. The maximum atomic E-state index is 12.3. The molecule has 0 radical (unpaired) electrons. The standard InChI is InChI=1S/C16H24N4O2S/c1-10(15(21)17-9-13-3-2-8-22-13)23-16-19-18-14(11-4-5-11)20(16)12-6-7-12/h10-13H,2-9H2,1H3,(H,17,21)/t10-,13-/m1/s1. The molecule has 2 heterocycles. The van der Waals surface area contributed by atoms with Crippen LogP contribution in [0, 0.1) is 0 Å². The largest absolute Gasteiger partial charge is 0.376 e. The number of thioether (sulfide) groups is 1. The van der Waals surface area contributed by atoms with E-state index in [0.29, 0.717) is 18.5 Å². The highest BCUT2D eigenvalue weighted by Gasteiger charge is 2.37. The van der Waals surface area contributed by atoms with Crippen LogP contribution in [0.4, 0.5) is 0 Å². The molecule has 4 rings (SSSR count). The number of ether oxygens (including phenoxy) is 1. The number of amides is 1. The van der Waals surface area contributed by atoms with Gasteiger partial charge in [0.2, 0.25) is 5.91 Å². The molecule has 1 N–H and O–H groups in total. The van der Waals surface area contributed by atoms with E-state index in [9.17, 15) is 4.79 Å². The van der Waals surface area contributed by atoms with Gasteiger partial charge >= 0.3 is 0 Å². The van der Waals surface area contributed by atoms with Crippen LogP contribution in [0.3, 0.4) is 0 Å². The van der Waals surface area contributed by atoms with E-state index < -0.39 is 0 Å². The topological polar surface area (TPSA) is 69.0 Å². The van der Waals surface area contributed by atoms with Crippen molar-refractivity contribution in [1.29, 1.82) is 0 Å². The Hall–Kier alpha value is -1.08. The Morgan fingerprint density at radius 1 is 1.35 bits per heavy atom. The van der Waals surface area contributed by atoms with Crippen molar-refractivity contribution in [3.63, 3.8) is 0 Å². The van der Waals surface area contributed by atoms with E-state index in [1.54, 1.807) is 0 Å². The molecule has 2 atom stereocenters. The van der Waals surface area contributed by atoms with Crippen molar-refractivity contribution >= 4 is 17.7 Å². The van der Waals surface area contributed by atoms with E-state index >= 15 is 0 Å².